The zero-order chi connectivity index (χ0) is 10.4. The number of benzene rings is 1. The van der Waals surface area contributed by atoms with Crippen LogP contribution in [-0.4, -0.2) is 17.5 Å². The van der Waals surface area contributed by atoms with Crippen LogP contribution in [0.1, 0.15) is 49.8 Å². The van der Waals surface area contributed by atoms with Crippen molar-refractivity contribution in [1.29, 1.82) is 0 Å². The number of fused-ring (bicyclic) bond motifs is 5. The topological polar surface area (TPSA) is 3.24 Å². The van der Waals surface area contributed by atoms with Crippen LogP contribution in [0.5, 0.6) is 0 Å². The van der Waals surface area contributed by atoms with Gasteiger partial charge in [-0.15, -0.1) is 0 Å². The maximum atomic E-state index is 2.67. The molecule has 0 amide bonds. The van der Waals surface area contributed by atoms with Gasteiger partial charge in [-0.25, -0.2) is 0 Å². The Morgan fingerprint density at radius 2 is 1.93 bits per heavy atom. The Bertz CT molecular complexity index is 369. The molecular weight excluding hydrogens is 182 g/mol. The number of hydrogen-bond donors (Lipinski definition) is 0. The van der Waals surface area contributed by atoms with Crippen LogP contribution in [0.4, 0.5) is 0 Å². The molecule has 0 spiro atoms. The molecule has 1 saturated heterocycles. The third kappa shape index (κ3) is 1.33. The summed E-state index contributed by atoms with van der Waals surface area (Å²) >= 11 is 0. The van der Waals surface area contributed by atoms with Crippen molar-refractivity contribution in [3.05, 3.63) is 35.4 Å². The lowest BCUT2D eigenvalue weighted by molar-refractivity contribution is 0.116. The van der Waals surface area contributed by atoms with E-state index in [0.29, 0.717) is 12.1 Å². The Kier molecular flexibility index (Phi) is 2.10. The maximum absolute atomic E-state index is 2.67. The maximum Gasteiger partial charge on any atom is 0.0359 e. The highest BCUT2D eigenvalue weighted by Crippen LogP contribution is 2.49. The Labute approximate surface area is 92.1 Å². The van der Waals surface area contributed by atoms with E-state index < -0.39 is 0 Å². The molecule has 1 aliphatic carbocycles. The molecule has 1 aromatic rings. The third-order valence-electron chi connectivity index (χ3n) is 4.10. The second-order valence-corrected chi connectivity index (χ2v) is 5.20. The van der Waals surface area contributed by atoms with E-state index in [1.54, 1.807) is 11.1 Å². The van der Waals surface area contributed by atoms with Crippen LogP contribution in [0, 0.1) is 0 Å². The second-order valence-electron chi connectivity index (χ2n) is 5.20. The van der Waals surface area contributed by atoms with Crippen molar-refractivity contribution in [2.45, 2.75) is 44.7 Å². The van der Waals surface area contributed by atoms with Crippen LogP contribution in [-0.2, 0) is 0 Å². The second kappa shape index (κ2) is 3.34. The number of nitrogens with zero attached hydrogens (tertiary/aromatic N) is 1. The molecular formula is C14H19N. The SMILES string of the molecule is CC(C)N1CC[C@@H]2C[C@H]1c1ccccc12. The molecule has 0 radical (unpaired) electrons. The van der Waals surface area contributed by atoms with E-state index in [-0.39, 0.29) is 0 Å². The Balaban J connectivity index is 2.02. The predicted molar refractivity (Wildman–Crippen MR) is 63.0 cm³/mol. The van der Waals surface area contributed by atoms with Crippen molar-refractivity contribution in [2.75, 3.05) is 6.54 Å². The fourth-order valence-corrected chi connectivity index (χ4v) is 3.38. The van der Waals surface area contributed by atoms with Gasteiger partial charge in [0.2, 0.25) is 0 Å². The van der Waals surface area contributed by atoms with Gasteiger partial charge in [-0.05, 0) is 50.3 Å². The Morgan fingerprint density at radius 3 is 2.67 bits per heavy atom. The largest absolute Gasteiger partial charge is 0.294 e. The summed E-state index contributed by atoms with van der Waals surface area (Å²) in [7, 11) is 0. The molecule has 2 bridgehead atoms. The molecule has 0 saturated carbocycles. The quantitative estimate of drug-likeness (QED) is 0.673. The summed E-state index contributed by atoms with van der Waals surface area (Å²) in [5.41, 5.74) is 3.24. The lowest BCUT2D eigenvalue weighted by Gasteiger charge is -2.36. The fraction of sp³-hybridized carbons (Fsp3) is 0.571. The van der Waals surface area contributed by atoms with E-state index in [2.05, 4.69) is 43.0 Å². The number of piperidine rings is 1. The van der Waals surface area contributed by atoms with Crippen molar-refractivity contribution in [1.82, 2.24) is 4.90 Å². The van der Waals surface area contributed by atoms with E-state index in [9.17, 15) is 0 Å². The van der Waals surface area contributed by atoms with Crippen LogP contribution in [0.15, 0.2) is 24.3 Å². The molecule has 0 N–H and O–H groups in total. The Hall–Kier alpha value is -0.820. The third-order valence-corrected chi connectivity index (χ3v) is 4.10. The molecule has 1 heterocycles. The molecule has 0 unspecified atom stereocenters. The van der Waals surface area contributed by atoms with Crippen molar-refractivity contribution in [3.63, 3.8) is 0 Å². The summed E-state index contributed by atoms with van der Waals surface area (Å²) < 4.78 is 0. The molecule has 3 rings (SSSR count). The first-order chi connectivity index (χ1) is 7.27. The first kappa shape index (κ1) is 9.41. The monoisotopic (exact) mass is 201 g/mol. The molecule has 0 aromatic heterocycles. The van der Waals surface area contributed by atoms with E-state index in [1.165, 1.54) is 19.4 Å². The minimum absolute atomic E-state index is 0.683. The summed E-state index contributed by atoms with van der Waals surface area (Å²) in [4.78, 5) is 2.67. The van der Waals surface area contributed by atoms with Crippen molar-refractivity contribution >= 4 is 0 Å². The van der Waals surface area contributed by atoms with E-state index in [0.717, 1.165) is 5.92 Å². The summed E-state index contributed by atoms with van der Waals surface area (Å²) in [5.74, 6) is 0.848. The number of rotatable bonds is 1. The molecule has 1 heteroatoms. The van der Waals surface area contributed by atoms with Crippen LogP contribution >= 0.6 is 0 Å². The minimum atomic E-state index is 0.683. The lowest BCUT2D eigenvalue weighted by Crippen LogP contribution is -2.37. The molecule has 2 atom stereocenters. The summed E-state index contributed by atoms with van der Waals surface area (Å²) in [6.07, 6.45) is 2.71. The highest BCUT2D eigenvalue weighted by atomic mass is 15.2. The van der Waals surface area contributed by atoms with Crippen molar-refractivity contribution < 1.29 is 0 Å². The van der Waals surface area contributed by atoms with Gasteiger partial charge in [0.25, 0.3) is 0 Å². The Morgan fingerprint density at radius 1 is 1.20 bits per heavy atom. The van der Waals surface area contributed by atoms with E-state index in [1.807, 2.05) is 0 Å². The van der Waals surface area contributed by atoms with Crippen LogP contribution < -0.4 is 0 Å². The first-order valence-electron chi connectivity index (χ1n) is 6.12. The summed E-state index contributed by atoms with van der Waals surface area (Å²) in [6, 6.07) is 10.4. The van der Waals surface area contributed by atoms with E-state index >= 15 is 0 Å². The average molecular weight is 201 g/mol. The van der Waals surface area contributed by atoms with Crippen LogP contribution in [0.2, 0.25) is 0 Å². The van der Waals surface area contributed by atoms with Gasteiger partial charge >= 0.3 is 0 Å². The zero-order valence-corrected chi connectivity index (χ0v) is 9.61. The fourth-order valence-electron chi connectivity index (χ4n) is 3.38. The van der Waals surface area contributed by atoms with Crippen LogP contribution in [0.25, 0.3) is 0 Å². The molecule has 1 fully saturated rings. The summed E-state index contributed by atoms with van der Waals surface area (Å²) in [5, 5.41) is 0. The van der Waals surface area contributed by atoms with Crippen LogP contribution in [0.3, 0.4) is 0 Å². The predicted octanol–water partition coefficient (Wildman–Crippen LogP) is 3.33. The molecule has 2 aliphatic rings. The highest BCUT2D eigenvalue weighted by molar-refractivity contribution is 5.39. The van der Waals surface area contributed by atoms with Gasteiger partial charge in [0, 0.05) is 12.1 Å². The van der Waals surface area contributed by atoms with E-state index in [4.69, 9.17) is 0 Å². The first-order valence-corrected chi connectivity index (χ1v) is 6.12. The molecule has 80 valence electrons. The normalized spacial score (nSPS) is 29.5. The van der Waals surface area contributed by atoms with Gasteiger partial charge < -0.3 is 0 Å². The highest BCUT2D eigenvalue weighted by Gasteiger charge is 2.38. The van der Waals surface area contributed by atoms with Gasteiger partial charge in [0.05, 0.1) is 0 Å². The smallest absolute Gasteiger partial charge is 0.0359 e. The van der Waals surface area contributed by atoms with Crippen molar-refractivity contribution in [3.8, 4) is 0 Å². The lowest BCUT2D eigenvalue weighted by atomic mass is 9.95. The standard InChI is InChI=1S/C14H19N/c1-10(2)15-8-7-11-9-14(15)13-6-4-3-5-12(11)13/h3-6,10-11,14H,7-9H2,1-2H3/t11-,14+/m1/s1. The molecule has 1 aliphatic heterocycles. The van der Waals surface area contributed by atoms with Gasteiger partial charge in [0.1, 0.15) is 0 Å². The van der Waals surface area contributed by atoms with Gasteiger partial charge in [0.15, 0.2) is 0 Å². The molecule has 1 aromatic carbocycles. The van der Waals surface area contributed by atoms with Gasteiger partial charge in [-0.1, -0.05) is 24.3 Å². The number of hydrogen-bond acceptors (Lipinski definition) is 1. The molecule has 1 nitrogen and oxygen atoms in total. The molecule has 15 heavy (non-hydrogen) atoms. The van der Waals surface area contributed by atoms with Gasteiger partial charge in [-0.3, -0.25) is 4.90 Å². The van der Waals surface area contributed by atoms with Gasteiger partial charge in [-0.2, -0.15) is 0 Å². The minimum Gasteiger partial charge on any atom is -0.294 e. The summed E-state index contributed by atoms with van der Waals surface area (Å²) in [6.45, 7) is 5.92. The van der Waals surface area contributed by atoms with Crippen molar-refractivity contribution in [2.24, 2.45) is 0 Å². The number of likely N-dealkylation sites (tertiary alicyclic amines) is 1. The zero-order valence-electron chi connectivity index (χ0n) is 9.61. The average Bonchev–Trinajstić information content (AvgIpc) is 2.54.